The summed E-state index contributed by atoms with van der Waals surface area (Å²) in [7, 11) is 0. The van der Waals surface area contributed by atoms with Crippen LogP contribution in [0.2, 0.25) is 0 Å². The lowest BCUT2D eigenvalue weighted by Gasteiger charge is -2.16. The molecule has 0 radical (unpaired) electrons. The first-order chi connectivity index (χ1) is 13.5. The number of amides is 2. The Hall–Kier alpha value is -2.93. The monoisotopic (exact) mass is 396 g/mol. The number of anilines is 1. The van der Waals surface area contributed by atoms with Gasteiger partial charge in [0.05, 0.1) is 25.2 Å². The third-order valence-electron chi connectivity index (χ3n) is 4.40. The molecule has 2 aromatic heterocycles. The fourth-order valence-corrected chi connectivity index (χ4v) is 3.73. The number of aryl methyl sites for hydroxylation is 1. The van der Waals surface area contributed by atoms with E-state index in [-0.39, 0.29) is 24.3 Å². The molecule has 3 aromatic rings. The highest BCUT2D eigenvalue weighted by atomic mass is 32.1. The molecular weight excluding hydrogens is 372 g/mol. The Kier molecular flexibility index (Phi) is 6.60. The van der Waals surface area contributed by atoms with Gasteiger partial charge in [0.15, 0.2) is 0 Å². The molecule has 28 heavy (non-hydrogen) atoms. The second-order valence-corrected chi connectivity index (χ2v) is 7.54. The number of hydrogen-bond acceptors (Lipinski definition) is 4. The average molecular weight is 397 g/mol. The minimum absolute atomic E-state index is 0.160. The summed E-state index contributed by atoms with van der Waals surface area (Å²) in [6, 6.07) is 13.6. The number of aromatic nitrogens is 2. The summed E-state index contributed by atoms with van der Waals surface area (Å²) in [6.07, 6.45) is 2.83. The van der Waals surface area contributed by atoms with Crippen LogP contribution in [0.3, 0.4) is 0 Å². The summed E-state index contributed by atoms with van der Waals surface area (Å²) in [4.78, 5) is 25.0. The molecule has 1 unspecified atom stereocenters. The summed E-state index contributed by atoms with van der Waals surface area (Å²) in [5, 5.41) is 12.0. The maximum atomic E-state index is 12.6. The van der Waals surface area contributed by atoms with E-state index in [0.717, 1.165) is 16.9 Å². The Balaban J connectivity index is 1.65. The van der Waals surface area contributed by atoms with Crippen molar-refractivity contribution in [3.8, 4) is 0 Å². The Labute approximate surface area is 168 Å². The van der Waals surface area contributed by atoms with Gasteiger partial charge in [0.2, 0.25) is 11.8 Å². The van der Waals surface area contributed by atoms with Crippen molar-refractivity contribution in [2.24, 2.45) is 0 Å². The van der Waals surface area contributed by atoms with Crippen molar-refractivity contribution < 1.29 is 9.59 Å². The first kappa shape index (κ1) is 19.8. The summed E-state index contributed by atoms with van der Waals surface area (Å²) >= 11 is 1.52. The molecular formula is C21H24N4O2S. The summed E-state index contributed by atoms with van der Waals surface area (Å²) in [6.45, 7) is 4.16. The predicted molar refractivity (Wildman–Crippen MR) is 111 cm³/mol. The molecule has 2 amide bonds. The lowest BCUT2D eigenvalue weighted by atomic mass is 10.1. The lowest BCUT2D eigenvalue weighted by Crippen LogP contribution is -2.29. The minimum atomic E-state index is -0.338. The van der Waals surface area contributed by atoms with Crippen LogP contribution in [0.25, 0.3) is 0 Å². The van der Waals surface area contributed by atoms with E-state index >= 15 is 0 Å². The zero-order valence-corrected chi connectivity index (χ0v) is 16.8. The Morgan fingerprint density at radius 2 is 1.89 bits per heavy atom. The highest BCUT2D eigenvalue weighted by molar-refractivity contribution is 7.10. The van der Waals surface area contributed by atoms with Gasteiger partial charge in [-0.2, -0.15) is 5.10 Å². The number of thiophene rings is 1. The van der Waals surface area contributed by atoms with E-state index in [2.05, 4.69) is 46.9 Å². The largest absolute Gasteiger partial charge is 0.348 e. The molecule has 0 aliphatic heterocycles. The standard InChI is InChI=1S/C21H24N4O2S/c1-3-16-6-8-17(9-7-16)14-25-20(10-11-22-25)24-21(27)13-18(23-15(2)26)19-5-4-12-28-19/h4-12,18H,3,13-14H2,1-2H3,(H,23,26)(H,24,27). The number of nitrogens with zero attached hydrogens (tertiary/aromatic N) is 2. The van der Waals surface area contributed by atoms with Gasteiger partial charge < -0.3 is 10.6 Å². The van der Waals surface area contributed by atoms with E-state index in [1.165, 1.54) is 23.8 Å². The molecule has 2 heterocycles. The van der Waals surface area contributed by atoms with Gasteiger partial charge in [0.1, 0.15) is 5.82 Å². The van der Waals surface area contributed by atoms with Crippen LogP contribution in [-0.2, 0) is 22.6 Å². The van der Waals surface area contributed by atoms with Gasteiger partial charge >= 0.3 is 0 Å². The van der Waals surface area contributed by atoms with E-state index in [1.807, 2.05) is 17.5 Å². The molecule has 3 rings (SSSR count). The van der Waals surface area contributed by atoms with Gasteiger partial charge in [-0.1, -0.05) is 37.3 Å². The number of carbonyl (C=O) groups is 2. The van der Waals surface area contributed by atoms with Crippen LogP contribution in [0.4, 0.5) is 5.82 Å². The molecule has 2 N–H and O–H groups in total. The molecule has 7 heteroatoms. The fraction of sp³-hybridized carbons (Fsp3) is 0.286. The Morgan fingerprint density at radius 1 is 1.14 bits per heavy atom. The van der Waals surface area contributed by atoms with Crippen LogP contribution in [-0.4, -0.2) is 21.6 Å². The van der Waals surface area contributed by atoms with Gasteiger partial charge in [-0.3, -0.25) is 9.59 Å². The van der Waals surface area contributed by atoms with Crippen LogP contribution >= 0.6 is 11.3 Å². The van der Waals surface area contributed by atoms with Crippen LogP contribution in [0.1, 0.15) is 42.3 Å². The number of rotatable bonds is 8. The normalized spacial score (nSPS) is 11.8. The summed E-state index contributed by atoms with van der Waals surface area (Å²) in [5.41, 5.74) is 2.40. The maximum Gasteiger partial charge on any atom is 0.227 e. The second kappa shape index (κ2) is 9.32. The van der Waals surface area contributed by atoms with E-state index in [1.54, 1.807) is 16.9 Å². The summed E-state index contributed by atoms with van der Waals surface area (Å²) < 4.78 is 1.76. The molecule has 1 atom stereocenters. The van der Waals surface area contributed by atoms with Crippen molar-refractivity contribution in [2.45, 2.75) is 39.3 Å². The topological polar surface area (TPSA) is 76.0 Å². The molecule has 146 valence electrons. The predicted octanol–water partition coefficient (Wildman–Crippen LogP) is 3.76. The smallest absolute Gasteiger partial charge is 0.227 e. The number of nitrogens with one attached hydrogen (secondary N) is 2. The van der Waals surface area contributed by atoms with Gasteiger partial charge in [0.25, 0.3) is 0 Å². The molecule has 0 fully saturated rings. The molecule has 0 bridgehead atoms. The van der Waals surface area contributed by atoms with E-state index in [9.17, 15) is 9.59 Å². The highest BCUT2D eigenvalue weighted by Gasteiger charge is 2.19. The molecule has 1 aromatic carbocycles. The van der Waals surface area contributed by atoms with Crippen molar-refractivity contribution >= 4 is 29.0 Å². The number of benzene rings is 1. The van der Waals surface area contributed by atoms with Crippen LogP contribution < -0.4 is 10.6 Å². The SMILES string of the molecule is CCc1ccc(Cn2nccc2NC(=O)CC(NC(C)=O)c2cccs2)cc1. The summed E-state index contributed by atoms with van der Waals surface area (Å²) in [5.74, 6) is 0.305. The lowest BCUT2D eigenvalue weighted by molar-refractivity contribution is -0.120. The zero-order valence-electron chi connectivity index (χ0n) is 16.0. The van der Waals surface area contributed by atoms with Crippen molar-refractivity contribution in [3.63, 3.8) is 0 Å². The van der Waals surface area contributed by atoms with Crippen molar-refractivity contribution in [3.05, 3.63) is 70.0 Å². The van der Waals surface area contributed by atoms with Crippen LogP contribution in [0.5, 0.6) is 0 Å². The molecule has 0 aliphatic carbocycles. The Morgan fingerprint density at radius 3 is 2.54 bits per heavy atom. The quantitative estimate of drug-likeness (QED) is 0.609. The molecule has 0 saturated carbocycles. The third kappa shape index (κ3) is 5.29. The highest BCUT2D eigenvalue weighted by Crippen LogP contribution is 2.23. The van der Waals surface area contributed by atoms with Gasteiger partial charge in [-0.25, -0.2) is 4.68 Å². The number of carbonyl (C=O) groups excluding carboxylic acids is 2. The number of hydrogen-bond donors (Lipinski definition) is 2. The van der Waals surface area contributed by atoms with E-state index in [4.69, 9.17) is 0 Å². The fourth-order valence-electron chi connectivity index (χ4n) is 2.96. The minimum Gasteiger partial charge on any atom is -0.348 e. The first-order valence-electron chi connectivity index (χ1n) is 9.25. The van der Waals surface area contributed by atoms with Gasteiger partial charge in [-0.05, 0) is 29.0 Å². The Bertz CT molecular complexity index is 916. The van der Waals surface area contributed by atoms with E-state index < -0.39 is 0 Å². The molecule has 0 aliphatic rings. The zero-order chi connectivity index (χ0) is 19.9. The first-order valence-corrected chi connectivity index (χ1v) is 10.1. The van der Waals surface area contributed by atoms with E-state index in [0.29, 0.717) is 12.4 Å². The maximum absolute atomic E-state index is 12.6. The second-order valence-electron chi connectivity index (χ2n) is 6.56. The van der Waals surface area contributed by atoms with Gasteiger partial charge in [-0.15, -0.1) is 11.3 Å². The molecule has 0 spiro atoms. The van der Waals surface area contributed by atoms with Crippen molar-refractivity contribution in [2.75, 3.05) is 5.32 Å². The average Bonchev–Trinajstić information content (AvgIpc) is 3.34. The molecule has 6 nitrogen and oxygen atoms in total. The van der Waals surface area contributed by atoms with Gasteiger partial charge in [0, 0.05) is 17.9 Å². The third-order valence-corrected chi connectivity index (χ3v) is 5.39. The van der Waals surface area contributed by atoms with Crippen LogP contribution in [0.15, 0.2) is 54.0 Å². The molecule has 0 saturated heterocycles. The van der Waals surface area contributed by atoms with Crippen molar-refractivity contribution in [1.82, 2.24) is 15.1 Å². The van der Waals surface area contributed by atoms with Crippen LogP contribution in [0, 0.1) is 0 Å². The van der Waals surface area contributed by atoms with Crippen molar-refractivity contribution in [1.29, 1.82) is 0 Å².